The maximum atomic E-state index is 4.63. The molecular formula is C24H22N6. The number of rotatable bonds is 3. The van der Waals surface area contributed by atoms with E-state index in [1.54, 1.807) is 0 Å². The zero-order chi connectivity index (χ0) is 19.9. The second-order valence-corrected chi connectivity index (χ2v) is 7.90. The van der Waals surface area contributed by atoms with Gasteiger partial charge in [0.2, 0.25) is 0 Å². The molecule has 1 saturated heterocycles. The van der Waals surface area contributed by atoms with Crippen molar-refractivity contribution in [2.24, 2.45) is 0 Å². The standard InChI is InChI=1S/C24H22N6/c1-4-10-30(11-5-1)23-15-25-14-22-17(23)13-21(27-22)24-18-12-16(7-8-20(18)28-29-24)19-6-2-3-9-26-19/h2-3,6-9,12-15,27H,1,4-5,10-11H2,(H,28,29). The molecule has 0 radical (unpaired) electrons. The molecule has 0 saturated carbocycles. The van der Waals surface area contributed by atoms with Gasteiger partial charge in [0.15, 0.2) is 0 Å². The fourth-order valence-corrected chi connectivity index (χ4v) is 4.46. The molecular weight excluding hydrogens is 372 g/mol. The summed E-state index contributed by atoms with van der Waals surface area (Å²) in [5.41, 5.74) is 7.23. The van der Waals surface area contributed by atoms with Crippen molar-refractivity contribution in [1.82, 2.24) is 25.1 Å². The van der Waals surface area contributed by atoms with Crippen molar-refractivity contribution in [2.45, 2.75) is 19.3 Å². The maximum Gasteiger partial charge on any atom is 0.116 e. The third-order valence-electron chi connectivity index (χ3n) is 6.00. The van der Waals surface area contributed by atoms with Crippen LogP contribution in [0.2, 0.25) is 0 Å². The van der Waals surface area contributed by atoms with Gasteiger partial charge in [0.05, 0.1) is 40.5 Å². The molecule has 1 aliphatic heterocycles. The van der Waals surface area contributed by atoms with Crippen LogP contribution in [0.25, 0.3) is 44.5 Å². The van der Waals surface area contributed by atoms with E-state index in [2.05, 4.69) is 54.3 Å². The number of fused-ring (bicyclic) bond motifs is 2. The van der Waals surface area contributed by atoms with Gasteiger partial charge in [-0.3, -0.25) is 15.1 Å². The minimum Gasteiger partial charge on any atom is -0.370 e. The number of H-pyrrole nitrogens is 2. The highest BCUT2D eigenvalue weighted by molar-refractivity contribution is 6.00. The SMILES string of the molecule is c1ccc(-c2ccc3[nH]nc(-c4cc5c(N6CCCCC6)cncc5[nH]4)c3c2)nc1. The summed E-state index contributed by atoms with van der Waals surface area (Å²) in [6.45, 7) is 2.19. The third kappa shape index (κ3) is 2.84. The van der Waals surface area contributed by atoms with Gasteiger partial charge in [-0.1, -0.05) is 12.1 Å². The van der Waals surface area contributed by atoms with Gasteiger partial charge in [-0.05, 0) is 49.6 Å². The van der Waals surface area contributed by atoms with Crippen molar-refractivity contribution >= 4 is 27.5 Å². The minimum atomic E-state index is 0.920. The topological polar surface area (TPSA) is 73.5 Å². The van der Waals surface area contributed by atoms with Crippen molar-refractivity contribution in [1.29, 1.82) is 0 Å². The summed E-state index contributed by atoms with van der Waals surface area (Å²) < 4.78 is 0. The molecule has 0 atom stereocenters. The third-order valence-corrected chi connectivity index (χ3v) is 6.00. The highest BCUT2D eigenvalue weighted by Gasteiger charge is 2.18. The predicted octanol–water partition coefficient (Wildman–Crippen LogP) is 5.16. The molecule has 1 fully saturated rings. The van der Waals surface area contributed by atoms with Crippen molar-refractivity contribution in [3.8, 4) is 22.6 Å². The molecule has 5 heterocycles. The Labute approximate surface area is 174 Å². The number of benzene rings is 1. The van der Waals surface area contributed by atoms with Crippen LogP contribution in [-0.2, 0) is 0 Å². The van der Waals surface area contributed by atoms with E-state index in [-0.39, 0.29) is 0 Å². The molecule has 6 rings (SSSR count). The second-order valence-electron chi connectivity index (χ2n) is 7.90. The van der Waals surface area contributed by atoms with E-state index in [0.717, 1.165) is 52.2 Å². The Kier molecular flexibility index (Phi) is 4.01. The smallest absolute Gasteiger partial charge is 0.116 e. The number of nitrogens with zero attached hydrogens (tertiary/aromatic N) is 4. The lowest BCUT2D eigenvalue weighted by Crippen LogP contribution is -2.29. The summed E-state index contributed by atoms with van der Waals surface area (Å²) in [5, 5.41) is 10.1. The fourth-order valence-electron chi connectivity index (χ4n) is 4.46. The highest BCUT2D eigenvalue weighted by atomic mass is 15.1. The summed E-state index contributed by atoms with van der Waals surface area (Å²) >= 11 is 0. The Morgan fingerprint density at radius 3 is 2.67 bits per heavy atom. The van der Waals surface area contributed by atoms with Crippen LogP contribution in [0.1, 0.15) is 19.3 Å². The first-order chi connectivity index (χ1) is 14.9. The van der Waals surface area contributed by atoms with Gasteiger partial charge in [0.1, 0.15) is 5.69 Å². The molecule has 4 aromatic heterocycles. The summed E-state index contributed by atoms with van der Waals surface area (Å²) in [4.78, 5) is 15.0. The van der Waals surface area contributed by atoms with E-state index in [9.17, 15) is 0 Å². The van der Waals surface area contributed by atoms with Crippen molar-refractivity contribution in [3.63, 3.8) is 0 Å². The Morgan fingerprint density at radius 2 is 1.80 bits per heavy atom. The molecule has 0 amide bonds. The number of pyridine rings is 2. The van der Waals surface area contributed by atoms with Crippen molar-refractivity contribution in [2.75, 3.05) is 18.0 Å². The van der Waals surface area contributed by atoms with Gasteiger partial charge in [0.25, 0.3) is 0 Å². The quantitative estimate of drug-likeness (QED) is 0.443. The van der Waals surface area contributed by atoms with Gasteiger partial charge in [-0.25, -0.2) is 0 Å². The Hall–Kier alpha value is -3.67. The minimum absolute atomic E-state index is 0.920. The van der Waals surface area contributed by atoms with Crippen LogP contribution in [0, 0.1) is 0 Å². The zero-order valence-electron chi connectivity index (χ0n) is 16.6. The van der Waals surface area contributed by atoms with Crippen molar-refractivity contribution < 1.29 is 0 Å². The number of anilines is 1. The number of piperidine rings is 1. The second kappa shape index (κ2) is 6.99. The molecule has 148 valence electrons. The van der Waals surface area contributed by atoms with Crippen LogP contribution in [0.4, 0.5) is 5.69 Å². The van der Waals surface area contributed by atoms with Crippen LogP contribution in [-0.4, -0.2) is 38.2 Å². The molecule has 0 bridgehead atoms. The Morgan fingerprint density at radius 1 is 0.867 bits per heavy atom. The summed E-state index contributed by atoms with van der Waals surface area (Å²) in [7, 11) is 0. The zero-order valence-corrected chi connectivity index (χ0v) is 16.6. The number of aromatic amines is 2. The molecule has 2 N–H and O–H groups in total. The maximum absolute atomic E-state index is 4.63. The number of hydrogen-bond acceptors (Lipinski definition) is 4. The Bertz CT molecular complexity index is 1330. The molecule has 0 aliphatic carbocycles. The monoisotopic (exact) mass is 394 g/mol. The van der Waals surface area contributed by atoms with Gasteiger partial charge in [-0.2, -0.15) is 5.10 Å². The molecule has 6 heteroatoms. The molecule has 1 aromatic carbocycles. The normalized spacial score (nSPS) is 14.6. The van der Waals surface area contributed by atoms with Crippen LogP contribution in [0.15, 0.2) is 61.1 Å². The van der Waals surface area contributed by atoms with E-state index in [0.29, 0.717) is 0 Å². The number of nitrogens with one attached hydrogen (secondary N) is 2. The lowest BCUT2D eigenvalue weighted by atomic mass is 10.1. The first kappa shape index (κ1) is 17.2. The van der Waals surface area contributed by atoms with Gasteiger partial charge in [-0.15, -0.1) is 0 Å². The van der Waals surface area contributed by atoms with E-state index in [4.69, 9.17) is 0 Å². The highest BCUT2D eigenvalue weighted by Crippen LogP contribution is 2.34. The van der Waals surface area contributed by atoms with E-state index < -0.39 is 0 Å². The van der Waals surface area contributed by atoms with Crippen molar-refractivity contribution in [3.05, 3.63) is 61.1 Å². The number of hydrogen-bond donors (Lipinski definition) is 2. The van der Waals surface area contributed by atoms with E-state index in [1.165, 1.54) is 30.3 Å². The molecule has 6 nitrogen and oxygen atoms in total. The van der Waals surface area contributed by atoms with Gasteiger partial charge in [0, 0.05) is 35.6 Å². The molecule has 5 aromatic rings. The van der Waals surface area contributed by atoms with Crippen LogP contribution < -0.4 is 4.90 Å². The lowest BCUT2D eigenvalue weighted by Gasteiger charge is -2.28. The average molecular weight is 394 g/mol. The Balaban J connectivity index is 1.47. The van der Waals surface area contributed by atoms with Crippen LogP contribution in [0.3, 0.4) is 0 Å². The van der Waals surface area contributed by atoms with Gasteiger partial charge < -0.3 is 9.88 Å². The molecule has 0 unspecified atom stereocenters. The molecule has 30 heavy (non-hydrogen) atoms. The van der Waals surface area contributed by atoms with Crippen LogP contribution >= 0.6 is 0 Å². The van der Waals surface area contributed by atoms with E-state index in [1.807, 2.05) is 36.8 Å². The van der Waals surface area contributed by atoms with E-state index >= 15 is 0 Å². The van der Waals surface area contributed by atoms with Gasteiger partial charge >= 0.3 is 0 Å². The summed E-state index contributed by atoms with van der Waals surface area (Å²) in [6, 6.07) is 14.5. The molecule has 0 spiro atoms. The first-order valence-electron chi connectivity index (χ1n) is 10.5. The fraction of sp³-hybridized carbons (Fsp3) is 0.208. The van der Waals surface area contributed by atoms with Crippen LogP contribution in [0.5, 0.6) is 0 Å². The predicted molar refractivity (Wildman–Crippen MR) is 120 cm³/mol. The number of aromatic nitrogens is 5. The first-order valence-corrected chi connectivity index (χ1v) is 10.5. The summed E-state index contributed by atoms with van der Waals surface area (Å²) in [5.74, 6) is 0. The molecule has 1 aliphatic rings. The summed E-state index contributed by atoms with van der Waals surface area (Å²) in [6.07, 6.45) is 9.52. The average Bonchev–Trinajstić information content (AvgIpc) is 3.43. The lowest BCUT2D eigenvalue weighted by molar-refractivity contribution is 0.578. The largest absolute Gasteiger partial charge is 0.370 e.